The summed E-state index contributed by atoms with van der Waals surface area (Å²) in [5, 5.41) is 2.77. The molecule has 1 aliphatic rings. The number of amides is 1. The highest BCUT2D eigenvalue weighted by atomic mass is 32.2. The van der Waals surface area contributed by atoms with Gasteiger partial charge < -0.3 is 5.32 Å². The monoisotopic (exact) mass is 333 g/mol. The van der Waals surface area contributed by atoms with Crippen LogP contribution in [-0.2, 0) is 26.5 Å². The number of carbonyl (C=O) groups excluding carboxylic acids is 1. The molecule has 0 spiro atoms. The second kappa shape index (κ2) is 5.16. The molecule has 0 saturated heterocycles. The quantitative estimate of drug-likeness (QED) is 0.939. The van der Waals surface area contributed by atoms with E-state index >= 15 is 0 Å². The second-order valence-electron chi connectivity index (χ2n) is 6.07. The highest BCUT2D eigenvalue weighted by molar-refractivity contribution is 7.90. The standard InChI is InChI=1S/C17H16FNO3S/c1-17(10-11-3-6-13(7-4-11)23(2,21)22)14-9-12(18)5-8-15(14)19-16(17)20/h3-9H,10H2,1-2H3,(H,19,20). The lowest BCUT2D eigenvalue weighted by Gasteiger charge is -2.22. The molecular formula is C17H16FNO3S. The van der Waals surface area contributed by atoms with E-state index in [1.165, 1.54) is 24.3 Å². The number of hydrogen-bond acceptors (Lipinski definition) is 3. The van der Waals surface area contributed by atoms with Crippen LogP contribution in [0.15, 0.2) is 47.4 Å². The zero-order valence-corrected chi connectivity index (χ0v) is 13.6. The fourth-order valence-electron chi connectivity index (χ4n) is 2.90. The van der Waals surface area contributed by atoms with E-state index in [0.717, 1.165) is 11.8 Å². The molecule has 2 aromatic rings. The number of carbonyl (C=O) groups is 1. The van der Waals surface area contributed by atoms with Crippen LogP contribution in [0.5, 0.6) is 0 Å². The molecule has 2 aromatic carbocycles. The van der Waals surface area contributed by atoms with Gasteiger partial charge in [-0.15, -0.1) is 0 Å². The van der Waals surface area contributed by atoms with Crippen molar-refractivity contribution in [3.63, 3.8) is 0 Å². The number of halogens is 1. The summed E-state index contributed by atoms with van der Waals surface area (Å²) in [4.78, 5) is 12.6. The van der Waals surface area contributed by atoms with Crippen molar-refractivity contribution in [3.8, 4) is 0 Å². The molecule has 1 unspecified atom stereocenters. The molecule has 0 saturated carbocycles. The van der Waals surface area contributed by atoms with Gasteiger partial charge in [0.15, 0.2) is 9.84 Å². The summed E-state index contributed by atoms with van der Waals surface area (Å²) in [6, 6.07) is 10.7. The maximum absolute atomic E-state index is 13.5. The minimum Gasteiger partial charge on any atom is -0.325 e. The van der Waals surface area contributed by atoms with E-state index in [9.17, 15) is 17.6 Å². The summed E-state index contributed by atoms with van der Waals surface area (Å²) in [5.41, 5.74) is 1.16. The molecule has 0 aromatic heterocycles. The largest absolute Gasteiger partial charge is 0.325 e. The molecule has 1 heterocycles. The first-order valence-corrected chi connectivity index (χ1v) is 9.00. The summed E-state index contributed by atoms with van der Waals surface area (Å²) < 4.78 is 36.5. The smallest absolute Gasteiger partial charge is 0.235 e. The normalized spacial score (nSPS) is 20.2. The van der Waals surface area contributed by atoms with Gasteiger partial charge in [-0.05, 0) is 54.8 Å². The van der Waals surface area contributed by atoms with Crippen molar-refractivity contribution in [2.24, 2.45) is 0 Å². The van der Waals surface area contributed by atoms with Crippen LogP contribution in [0, 0.1) is 5.82 Å². The Morgan fingerprint density at radius 3 is 2.39 bits per heavy atom. The molecule has 0 aliphatic carbocycles. The van der Waals surface area contributed by atoms with E-state index in [1.807, 2.05) is 0 Å². The summed E-state index contributed by atoms with van der Waals surface area (Å²) in [5.74, 6) is -0.579. The van der Waals surface area contributed by atoms with Gasteiger partial charge in [0.05, 0.1) is 10.3 Å². The molecule has 120 valence electrons. The molecule has 4 nitrogen and oxygen atoms in total. The van der Waals surface area contributed by atoms with E-state index < -0.39 is 15.3 Å². The van der Waals surface area contributed by atoms with Gasteiger partial charge in [0.1, 0.15) is 5.82 Å². The maximum Gasteiger partial charge on any atom is 0.235 e. The fraction of sp³-hybridized carbons (Fsp3) is 0.235. The molecule has 0 bridgehead atoms. The Hall–Kier alpha value is -2.21. The second-order valence-corrected chi connectivity index (χ2v) is 8.08. The van der Waals surface area contributed by atoms with E-state index in [0.29, 0.717) is 17.7 Å². The van der Waals surface area contributed by atoms with E-state index in [4.69, 9.17) is 0 Å². The molecular weight excluding hydrogens is 317 g/mol. The van der Waals surface area contributed by atoms with Gasteiger partial charge in [-0.3, -0.25) is 4.79 Å². The van der Waals surface area contributed by atoms with E-state index in [-0.39, 0.29) is 16.6 Å². The molecule has 1 atom stereocenters. The number of fused-ring (bicyclic) bond motifs is 1. The van der Waals surface area contributed by atoms with Crippen molar-refractivity contribution in [1.82, 2.24) is 0 Å². The van der Waals surface area contributed by atoms with Gasteiger partial charge in [0.25, 0.3) is 0 Å². The molecule has 3 rings (SSSR count). The van der Waals surface area contributed by atoms with Crippen LogP contribution >= 0.6 is 0 Å². The zero-order valence-electron chi connectivity index (χ0n) is 12.8. The molecule has 1 N–H and O–H groups in total. The summed E-state index contributed by atoms with van der Waals surface area (Å²) in [6.07, 6.45) is 1.51. The maximum atomic E-state index is 13.5. The third-order valence-corrected chi connectivity index (χ3v) is 5.36. The Bertz CT molecular complexity index is 891. The molecule has 6 heteroatoms. The highest BCUT2D eigenvalue weighted by Gasteiger charge is 2.42. The Kier molecular flexibility index (Phi) is 3.52. The first-order valence-electron chi connectivity index (χ1n) is 7.11. The van der Waals surface area contributed by atoms with Crippen LogP contribution in [0.3, 0.4) is 0 Å². The lowest BCUT2D eigenvalue weighted by molar-refractivity contribution is -0.120. The van der Waals surface area contributed by atoms with Crippen LogP contribution in [0.4, 0.5) is 10.1 Å². The van der Waals surface area contributed by atoms with Crippen molar-refractivity contribution in [2.75, 3.05) is 11.6 Å². The Morgan fingerprint density at radius 2 is 1.78 bits per heavy atom. The number of anilines is 1. The van der Waals surface area contributed by atoms with Crippen LogP contribution in [-0.4, -0.2) is 20.6 Å². The van der Waals surface area contributed by atoms with Crippen LogP contribution < -0.4 is 5.32 Å². The van der Waals surface area contributed by atoms with Crippen LogP contribution in [0.2, 0.25) is 0 Å². The number of hydrogen-bond donors (Lipinski definition) is 1. The zero-order chi connectivity index (χ0) is 16.8. The van der Waals surface area contributed by atoms with Crippen molar-refractivity contribution in [2.45, 2.75) is 23.7 Å². The van der Waals surface area contributed by atoms with Gasteiger partial charge in [-0.25, -0.2) is 12.8 Å². The first kappa shape index (κ1) is 15.7. The lowest BCUT2D eigenvalue weighted by Crippen LogP contribution is -2.33. The van der Waals surface area contributed by atoms with Crippen molar-refractivity contribution < 1.29 is 17.6 Å². The predicted molar refractivity (Wildman–Crippen MR) is 85.6 cm³/mol. The number of benzene rings is 2. The van der Waals surface area contributed by atoms with Crippen molar-refractivity contribution in [1.29, 1.82) is 0 Å². The van der Waals surface area contributed by atoms with Crippen molar-refractivity contribution in [3.05, 3.63) is 59.4 Å². The molecule has 0 fully saturated rings. The van der Waals surface area contributed by atoms with Gasteiger partial charge in [-0.1, -0.05) is 12.1 Å². The minimum absolute atomic E-state index is 0.190. The van der Waals surface area contributed by atoms with Gasteiger partial charge in [0, 0.05) is 11.9 Å². The SMILES string of the molecule is CC1(Cc2ccc(S(C)(=O)=O)cc2)C(=O)Nc2ccc(F)cc21. The Morgan fingerprint density at radius 1 is 1.13 bits per heavy atom. The van der Waals surface area contributed by atoms with Gasteiger partial charge in [0.2, 0.25) is 5.91 Å². The average Bonchev–Trinajstić information content (AvgIpc) is 2.71. The van der Waals surface area contributed by atoms with Crippen LogP contribution in [0.25, 0.3) is 0 Å². The molecule has 1 amide bonds. The average molecular weight is 333 g/mol. The summed E-state index contributed by atoms with van der Waals surface area (Å²) >= 11 is 0. The van der Waals surface area contributed by atoms with E-state index in [1.54, 1.807) is 25.1 Å². The van der Waals surface area contributed by atoms with Crippen molar-refractivity contribution >= 4 is 21.4 Å². The first-order chi connectivity index (χ1) is 10.7. The summed E-state index contributed by atoms with van der Waals surface area (Å²) in [7, 11) is -3.26. The van der Waals surface area contributed by atoms with E-state index in [2.05, 4.69) is 5.32 Å². The molecule has 1 aliphatic heterocycles. The topological polar surface area (TPSA) is 63.2 Å². The van der Waals surface area contributed by atoms with Crippen LogP contribution in [0.1, 0.15) is 18.1 Å². The highest BCUT2D eigenvalue weighted by Crippen LogP contribution is 2.40. The third-order valence-electron chi connectivity index (χ3n) is 4.23. The van der Waals surface area contributed by atoms with Gasteiger partial charge in [-0.2, -0.15) is 0 Å². The predicted octanol–water partition coefficient (Wildman–Crippen LogP) is 2.68. The Labute approximate surface area is 134 Å². The third kappa shape index (κ3) is 2.74. The summed E-state index contributed by atoms with van der Waals surface area (Å²) in [6.45, 7) is 1.76. The Balaban J connectivity index is 1.96. The fourth-order valence-corrected chi connectivity index (χ4v) is 3.53. The number of nitrogens with one attached hydrogen (secondary N) is 1. The molecule has 23 heavy (non-hydrogen) atoms. The number of sulfone groups is 1. The minimum atomic E-state index is -3.26. The lowest BCUT2D eigenvalue weighted by atomic mass is 9.78. The molecule has 0 radical (unpaired) electrons. The van der Waals surface area contributed by atoms with Gasteiger partial charge >= 0.3 is 0 Å². The number of rotatable bonds is 3.